The van der Waals surface area contributed by atoms with E-state index in [9.17, 15) is 9.59 Å². The number of halogens is 2. The molecular weight excluding hydrogens is 483 g/mol. The molecule has 180 valence electrons. The number of nitrogens with one attached hydrogen (secondary N) is 1. The summed E-state index contributed by atoms with van der Waals surface area (Å²) in [4.78, 5) is 32.2. The van der Waals surface area contributed by atoms with Crippen LogP contribution in [0.5, 0.6) is 0 Å². The minimum atomic E-state index is -0.536. The van der Waals surface area contributed by atoms with Gasteiger partial charge in [-0.15, -0.1) is 0 Å². The van der Waals surface area contributed by atoms with E-state index in [0.717, 1.165) is 36.8 Å². The second-order valence-electron chi connectivity index (χ2n) is 9.26. The Morgan fingerprint density at radius 1 is 1.03 bits per heavy atom. The van der Waals surface area contributed by atoms with Crippen LogP contribution in [0.25, 0.3) is 0 Å². The lowest BCUT2D eigenvalue weighted by atomic mass is 9.92. The van der Waals surface area contributed by atoms with Crippen LogP contribution < -0.4 is 11.1 Å². The average Bonchev–Trinajstić information content (AvgIpc) is 3.54. The number of hydrogen-bond acceptors (Lipinski definition) is 4. The lowest BCUT2D eigenvalue weighted by Crippen LogP contribution is -2.46. The molecule has 35 heavy (non-hydrogen) atoms. The van der Waals surface area contributed by atoms with Crippen LogP contribution in [0.15, 0.2) is 67.0 Å². The first-order chi connectivity index (χ1) is 16.9. The largest absolute Gasteiger partial charge is 0.337 e. The molecule has 3 N–H and O–H groups in total. The molecule has 1 saturated carbocycles. The second-order valence-corrected chi connectivity index (χ2v) is 10.1. The molecule has 0 radical (unpaired) electrons. The first kappa shape index (κ1) is 23.8. The van der Waals surface area contributed by atoms with Gasteiger partial charge in [-0.3, -0.25) is 14.6 Å². The molecule has 0 bridgehead atoms. The van der Waals surface area contributed by atoms with Crippen molar-refractivity contribution in [1.82, 2.24) is 9.88 Å². The van der Waals surface area contributed by atoms with Crippen molar-refractivity contribution in [3.63, 3.8) is 0 Å². The van der Waals surface area contributed by atoms with Gasteiger partial charge in [-0.05, 0) is 73.2 Å². The van der Waals surface area contributed by atoms with Crippen LogP contribution >= 0.6 is 23.2 Å². The van der Waals surface area contributed by atoms with E-state index in [0.29, 0.717) is 27.8 Å². The summed E-state index contributed by atoms with van der Waals surface area (Å²) in [5, 5.41) is 3.80. The number of benzene rings is 2. The number of hydrogen-bond donors (Lipinski definition) is 2. The van der Waals surface area contributed by atoms with Crippen molar-refractivity contribution < 1.29 is 9.59 Å². The van der Waals surface area contributed by atoms with Crippen molar-refractivity contribution in [3.8, 4) is 0 Å². The second kappa shape index (κ2) is 9.61. The van der Waals surface area contributed by atoms with Crippen LogP contribution in [-0.4, -0.2) is 34.3 Å². The van der Waals surface area contributed by atoms with Crippen molar-refractivity contribution in [2.24, 2.45) is 5.73 Å². The fourth-order valence-electron chi connectivity index (χ4n) is 4.96. The van der Waals surface area contributed by atoms with E-state index in [1.54, 1.807) is 42.7 Å². The lowest BCUT2D eigenvalue weighted by molar-refractivity contribution is -0.135. The third kappa shape index (κ3) is 4.66. The van der Waals surface area contributed by atoms with Crippen LogP contribution in [0.3, 0.4) is 0 Å². The van der Waals surface area contributed by atoms with Crippen molar-refractivity contribution in [2.45, 2.75) is 43.2 Å². The zero-order valence-corrected chi connectivity index (χ0v) is 20.6. The van der Waals surface area contributed by atoms with E-state index in [1.807, 2.05) is 29.2 Å². The van der Waals surface area contributed by atoms with Crippen LogP contribution in [0.4, 0.5) is 5.69 Å². The molecule has 2 amide bonds. The van der Waals surface area contributed by atoms with Gasteiger partial charge in [0, 0.05) is 30.2 Å². The highest BCUT2D eigenvalue weighted by Gasteiger charge is 2.55. The summed E-state index contributed by atoms with van der Waals surface area (Å²) in [5.74, 6) is -0.0894. The number of carbonyl (C=O) groups is 2. The van der Waals surface area contributed by atoms with Gasteiger partial charge in [-0.2, -0.15) is 0 Å². The van der Waals surface area contributed by atoms with Crippen molar-refractivity contribution in [3.05, 3.63) is 93.7 Å². The highest BCUT2D eigenvalue weighted by Crippen LogP contribution is 2.51. The van der Waals surface area contributed by atoms with Gasteiger partial charge in [-0.25, -0.2) is 0 Å². The quantitative estimate of drug-likeness (QED) is 0.468. The molecule has 2 unspecified atom stereocenters. The molecule has 1 aromatic heterocycles. The number of aromatic nitrogens is 1. The number of anilines is 1. The molecule has 2 aliphatic rings. The van der Waals surface area contributed by atoms with Gasteiger partial charge in [0.25, 0.3) is 5.91 Å². The summed E-state index contributed by atoms with van der Waals surface area (Å²) in [6.07, 6.45) is 6.59. The highest BCUT2D eigenvalue weighted by molar-refractivity contribution is 6.42. The summed E-state index contributed by atoms with van der Waals surface area (Å²) >= 11 is 12.3. The van der Waals surface area contributed by atoms with Crippen LogP contribution in [0.2, 0.25) is 10.0 Å². The van der Waals surface area contributed by atoms with Crippen LogP contribution in [0.1, 0.15) is 53.2 Å². The van der Waals surface area contributed by atoms with Gasteiger partial charge in [0.1, 0.15) is 0 Å². The molecule has 6 nitrogen and oxygen atoms in total. The fraction of sp³-hybridized carbons (Fsp3) is 0.296. The van der Waals surface area contributed by atoms with Crippen LogP contribution in [0, 0.1) is 0 Å². The normalized spacial score (nSPS) is 19.3. The summed E-state index contributed by atoms with van der Waals surface area (Å²) in [7, 11) is 0. The molecule has 2 aromatic carbocycles. The molecule has 0 spiro atoms. The molecule has 1 saturated heterocycles. The number of nitrogens with zero attached hydrogens (tertiary/aromatic N) is 2. The number of amides is 2. The number of rotatable bonds is 6. The maximum Gasteiger partial charge on any atom is 0.255 e. The van der Waals surface area contributed by atoms with Gasteiger partial charge < -0.3 is 16.0 Å². The zero-order chi connectivity index (χ0) is 24.6. The molecular formula is C27H26Cl2N4O2. The topological polar surface area (TPSA) is 88.3 Å². The molecule has 2 heterocycles. The monoisotopic (exact) mass is 508 g/mol. The van der Waals surface area contributed by atoms with E-state index >= 15 is 0 Å². The van der Waals surface area contributed by atoms with E-state index in [1.165, 1.54) is 0 Å². The lowest BCUT2D eigenvalue weighted by Gasteiger charge is -2.33. The van der Waals surface area contributed by atoms with Crippen molar-refractivity contribution in [1.29, 1.82) is 0 Å². The van der Waals surface area contributed by atoms with Gasteiger partial charge in [0.2, 0.25) is 5.91 Å². The summed E-state index contributed by atoms with van der Waals surface area (Å²) in [6, 6.07) is 15.8. The number of likely N-dealkylation sites (tertiary alicyclic amines) is 1. The molecule has 8 heteroatoms. The van der Waals surface area contributed by atoms with Crippen LogP contribution in [-0.2, 0) is 10.2 Å². The maximum atomic E-state index is 13.7. The smallest absolute Gasteiger partial charge is 0.255 e. The standard InChI is InChI=1S/C27H26Cl2N4O2/c28-21-8-7-19(16-22(21)29)27(11-12-27)26(35)33-15-1-2-23(33)24(30)17-3-5-18(6-4-17)25(34)32-20-9-13-31-14-10-20/h3-10,13-14,16,23-24H,1-2,11-12,15,30H2,(H,31,32,34). The Morgan fingerprint density at radius 3 is 2.40 bits per heavy atom. The summed E-state index contributed by atoms with van der Waals surface area (Å²) in [6.45, 7) is 0.687. The minimum Gasteiger partial charge on any atom is -0.337 e. The Hall–Kier alpha value is -2.93. The first-order valence-corrected chi connectivity index (χ1v) is 12.5. The Kier molecular flexibility index (Phi) is 6.53. The third-order valence-corrected chi connectivity index (χ3v) is 7.84. The molecule has 1 aliphatic carbocycles. The summed E-state index contributed by atoms with van der Waals surface area (Å²) in [5.41, 5.74) is 9.18. The third-order valence-electron chi connectivity index (χ3n) is 7.10. The van der Waals surface area contributed by atoms with Crippen molar-refractivity contribution in [2.75, 3.05) is 11.9 Å². The van der Waals surface area contributed by atoms with E-state index < -0.39 is 5.41 Å². The summed E-state index contributed by atoms with van der Waals surface area (Å²) < 4.78 is 0. The highest BCUT2D eigenvalue weighted by atomic mass is 35.5. The van der Waals surface area contributed by atoms with E-state index in [4.69, 9.17) is 28.9 Å². The molecule has 5 rings (SSSR count). The fourth-order valence-corrected chi connectivity index (χ4v) is 5.25. The van der Waals surface area contributed by atoms with Crippen molar-refractivity contribution >= 4 is 40.7 Å². The van der Waals surface area contributed by atoms with Gasteiger partial charge in [-0.1, -0.05) is 41.4 Å². The Labute approximate surface area is 214 Å². The zero-order valence-electron chi connectivity index (χ0n) is 19.1. The Morgan fingerprint density at radius 2 is 1.74 bits per heavy atom. The van der Waals surface area contributed by atoms with Gasteiger partial charge in [0.05, 0.1) is 27.5 Å². The molecule has 2 fully saturated rings. The average molecular weight is 509 g/mol. The predicted octanol–water partition coefficient (Wildman–Crippen LogP) is 5.36. The molecule has 2 atom stereocenters. The Bertz CT molecular complexity index is 1250. The SMILES string of the molecule is NC(c1ccc(C(=O)Nc2ccncc2)cc1)C1CCCN1C(=O)C1(c2ccc(Cl)c(Cl)c2)CC1. The van der Waals surface area contributed by atoms with Gasteiger partial charge >= 0.3 is 0 Å². The molecule has 3 aromatic rings. The number of pyridine rings is 1. The molecule has 1 aliphatic heterocycles. The van der Waals surface area contributed by atoms with Gasteiger partial charge in [0.15, 0.2) is 0 Å². The van der Waals surface area contributed by atoms with E-state index in [-0.39, 0.29) is 23.9 Å². The Balaban J connectivity index is 1.30. The predicted molar refractivity (Wildman–Crippen MR) is 138 cm³/mol. The van der Waals surface area contributed by atoms with E-state index in [2.05, 4.69) is 10.3 Å². The maximum absolute atomic E-state index is 13.7. The first-order valence-electron chi connectivity index (χ1n) is 11.7. The number of nitrogens with two attached hydrogens (primary N) is 1. The number of carbonyl (C=O) groups excluding carboxylic acids is 2. The minimum absolute atomic E-state index is 0.0979.